The molecule has 2 aromatic rings. The Kier molecular flexibility index (Phi) is 4.47. The lowest BCUT2D eigenvalue weighted by Gasteiger charge is -2.14. The van der Waals surface area contributed by atoms with Crippen molar-refractivity contribution in [2.45, 2.75) is 19.8 Å². The van der Waals surface area contributed by atoms with Crippen LogP contribution in [0, 0.1) is 6.92 Å². The number of rotatable bonds is 4. The minimum absolute atomic E-state index is 0.0922. The zero-order chi connectivity index (χ0) is 16.2. The van der Waals surface area contributed by atoms with Gasteiger partial charge in [0.1, 0.15) is 5.76 Å². The molecule has 1 aliphatic rings. The molecular formula is C20H20O3. The molecule has 0 amide bonds. The van der Waals surface area contributed by atoms with Gasteiger partial charge in [-0.1, -0.05) is 54.6 Å². The molecule has 0 saturated carbocycles. The molecule has 23 heavy (non-hydrogen) atoms. The van der Waals surface area contributed by atoms with E-state index < -0.39 is 0 Å². The van der Waals surface area contributed by atoms with Crippen LogP contribution in [0.5, 0.6) is 0 Å². The topological polar surface area (TPSA) is 35.5 Å². The first-order chi connectivity index (χ1) is 11.2. The zero-order valence-corrected chi connectivity index (χ0v) is 13.4. The quantitative estimate of drug-likeness (QED) is 0.798. The van der Waals surface area contributed by atoms with Crippen LogP contribution < -0.4 is 0 Å². The molecule has 1 atom stereocenters. The summed E-state index contributed by atoms with van der Waals surface area (Å²) < 4.78 is 11.2. The summed E-state index contributed by atoms with van der Waals surface area (Å²) in [7, 11) is 0. The van der Waals surface area contributed by atoms with Crippen LogP contribution >= 0.6 is 0 Å². The van der Waals surface area contributed by atoms with Crippen LogP contribution in [-0.2, 0) is 14.3 Å². The summed E-state index contributed by atoms with van der Waals surface area (Å²) in [6.45, 7) is 4.69. The zero-order valence-electron chi connectivity index (χ0n) is 13.4. The van der Waals surface area contributed by atoms with Gasteiger partial charge in [-0.15, -0.1) is 0 Å². The second-order valence-corrected chi connectivity index (χ2v) is 5.55. The largest absolute Gasteiger partial charge is 0.491 e. The molecule has 0 aliphatic carbocycles. The first kappa shape index (κ1) is 15.3. The van der Waals surface area contributed by atoms with Gasteiger partial charge in [0, 0.05) is 5.56 Å². The number of hydrogen-bond acceptors (Lipinski definition) is 3. The maximum absolute atomic E-state index is 12.6. The lowest BCUT2D eigenvalue weighted by Crippen LogP contribution is -2.15. The Bertz CT molecular complexity index is 732. The van der Waals surface area contributed by atoms with Crippen molar-refractivity contribution < 1.29 is 14.3 Å². The van der Waals surface area contributed by atoms with Crippen LogP contribution in [0.4, 0.5) is 0 Å². The van der Waals surface area contributed by atoms with Crippen LogP contribution in [0.2, 0.25) is 0 Å². The number of ether oxygens (including phenoxy) is 2. The lowest BCUT2D eigenvalue weighted by molar-refractivity contribution is -0.138. The summed E-state index contributed by atoms with van der Waals surface area (Å²) in [6.07, 6.45) is 0. The second-order valence-electron chi connectivity index (χ2n) is 5.55. The average molecular weight is 308 g/mol. The van der Waals surface area contributed by atoms with Crippen LogP contribution in [0.25, 0.3) is 5.76 Å². The van der Waals surface area contributed by atoms with Crippen molar-refractivity contribution in [2.24, 2.45) is 0 Å². The fourth-order valence-electron chi connectivity index (χ4n) is 2.98. The highest BCUT2D eigenvalue weighted by molar-refractivity contribution is 5.99. The minimum atomic E-state index is -0.294. The maximum Gasteiger partial charge on any atom is 0.338 e. The molecule has 0 aromatic heterocycles. The van der Waals surface area contributed by atoms with E-state index >= 15 is 0 Å². The van der Waals surface area contributed by atoms with E-state index in [2.05, 4.69) is 19.1 Å². The molecule has 2 aromatic carbocycles. The third kappa shape index (κ3) is 3.00. The molecule has 3 nitrogen and oxygen atoms in total. The average Bonchev–Trinajstić information content (AvgIpc) is 3.01. The number of carbonyl (C=O) groups excluding carboxylic acids is 1. The standard InChI is InChI=1S/C20H20O3/c1-3-22-20(21)18-17(16-12-8-7-9-14(16)2)13-23-19(18)15-10-5-4-6-11-15/h4-12,17H,3,13H2,1-2H3. The van der Waals surface area contributed by atoms with Gasteiger partial charge in [0.05, 0.1) is 24.7 Å². The molecule has 0 saturated heterocycles. The van der Waals surface area contributed by atoms with Gasteiger partial charge in [0.25, 0.3) is 0 Å². The number of esters is 1. The Morgan fingerprint density at radius 2 is 1.83 bits per heavy atom. The van der Waals surface area contributed by atoms with Crippen molar-refractivity contribution in [3.63, 3.8) is 0 Å². The van der Waals surface area contributed by atoms with E-state index in [-0.39, 0.29) is 11.9 Å². The number of carbonyl (C=O) groups is 1. The van der Waals surface area contributed by atoms with Crippen LogP contribution in [0.15, 0.2) is 60.2 Å². The highest BCUT2D eigenvalue weighted by Gasteiger charge is 2.35. The molecule has 0 fully saturated rings. The molecule has 0 spiro atoms. The molecule has 3 heteroatoms. The van der Waals surface area contributed by atoms with Gasteiger partial charge < -0.3 is 9.47 Å². The van der Waals surface area contributed by atoms with Crippen molar-refractivity contribution in [1.29, 1.82) is 0 Å². The van der Waals surface area contributed by atoms with Crippen molar-refractivity contribution in [3.8, 4) is 0 Å². The van der Waals surface area contributed by atoms with Crippen LogP contribution in [-0.4, -0.2) is 19.2 Å². The summed E-state index contributed by atoms with van der Waals surface area (Å²) >= 11 is 0. The Morgan fingerprint density at radius 3 is 2.52 bits per heavy atom. The summed E-state index contributed by atoms with van der Waals surface area (Å²) in [4.78, 5) is 12.6. The Labute approximate surface area is 136 Å². The third-order valence-corrected chi connectivity index (χ3v) is 4.08. The predicted molar refractivity (Wildman–Crippen MR) is 89.9 cm³/mol. The number of benzene rings is 2. The van der Waals surface area contributed by atoms with Gasteiger partial charge in [-0.05, 0) is 25.0 Å². The first-order valence-corrected chi connectivity index (χ1v) is 7.87. The molecule has 118 valence electrons. The number of hydrogen-bond donors (Lipinski definition) is 0. The van der Waals surface area contributed by atoms with E-state index in [0.717, 1.165) is 16.7 Å². The summed E-state index contributed by atoms with van der Waals surface area (Å²) in [5.74, 6) is 0.250. The Morgan fingerprint density at radius 1 is 1.13 bits per heavy atom. The summed E-state index contributed by atoms with van der Waals surface area (Å²) in [5, 5.41) is 0. The van der Waals surface area contributed by atoms with Crippen molar-refractivity contribution in [3.05, 3.63) is 76.9 Å². The van der Waals surface area contributed by atoms with Gasteiger partial charge in [-0.2, -0.15) is 0 Å². The van der Waals surface area contributed by atoms with Crippen molar-refractivity contribution >= 4 is 11.7 Å². The molecule has 0 radical (unpaired) electrons. The van der Waals surface area contributed by atoms with E-state index in [1.807, 2.05) is 49.4 Å². The molecule has 1 aliphatic heterocycles. The Hall–Kier alpha value is -2.55. The summed E-state index contributed by atoms with van der Waals surface area (Å²) in [5.41, 5.74) is 3.79. The van der Waals surface area contributed by atoms with Gasteiger partial charge >= 0.3 is 5.97 Å². The van der Waals surface area contributed by atoms with Crippen LogP contribution in [0.3, 0.4) is 0 Å². The molecule has 1 unspecified atom stereocenters. The van der Waals surface area contributed by atoms with E-state index in [1.165, 1.54) is 0 Å². The van der Waals surface area contributed by atoms with Gasteiger partial charge in [-0.25, -0.2) is 4.79 Å². The van der Waals surface area contributed by atoms with E-state index in [4.69, 9.17) is 9.47 Å². The number of aryl methyl sites for hydroxylation is 1. The van der Waals surface area contributed by atoms with Gasteiger partial charge in [-0.3, -0.25) is 0 Å². The molecule has 3 rings (SSSR count). The minimum Gasteiger partial charge on any atom is -0.491 e. The monoisotopic (exact) mass is 308 g/mol. The van der Waals surface area contributed by atoms with Crippen LogP contribution in [0.1, 0.15) is 29.5 Å². The fraction of sp³-hybridized carbons (Fsp3) is 0.250. The SMILES string of the molecule is CCOC(=O)C1=C(c2ccccc2)OCC1c1ccccc1C. The van der Waals surface area contributed by atoms with Gasteiger partial charge in [0.2, 0.25) is 0 Å². The molecule has 0 bridgehead atoms. The highest BCUT2D eigenvalue weighted by atomic mass is 16.5. The predicted octanol–water partition coefficient (Wildman–Crippen LogP) is 4.08. The fourth-order valence-corrected chi connectivity index (χ4v) is 2.98. The van der Waals surface area contributed by atoms with E-state index in [9.17, 15) is 4.79 Å². The van der Waals surface area contributed by atoms with E-state index in [1.54, 1.807) is 0 Å². The second kappa shape index (κ2) is 6.69. The normalized spacial score (nSPS) is 17.0. The molecule has 0 N–H and O–H groups in total. The third-order valence-electron chi connectivity index (χ3n) is 4.08. The highest BCUT2D eigenvalue weighted by Crippen LogP contribution is 2.40. The van der Waals surface area contributed by atoms with Gasteiger partial charge in [0.15, 0.2) is 0 Å². The first-order valence-electron chi connectivity index (χ1n) is 7.87. The van der Waals surface area contributed by atoms with Crippen molar-refractivity contribution in [2.75, 3.05) is 13.2 Å². The molecular weight excluding hydrogens is 288 g/mol. The summed E-state index contributed by atoms with van der Waals surface area (Å²) in [6, 6.07) is 17.8. The maximum atomic E-state index is 12.6. The Balaban J connectivity index is 2.09. The van der Waals surface area contributed by atoms with E-state index in [0.29, 0.717) is 24.5 Å². The van der Waals surface area contributed by atoms with Crippen molar-refractivity contribution in [1.82, 2.24) is 0 Å². The smallest absolute Gasteiger partial charge is 0.338 e. The lowest BCUT2D eigenvalue weighted by atomic mass is 9.88. The molecule has 1 heterocycles.